The van der Waals surface area contributed by atoms with Crippen LogP contribution < -0.4 is 4.90 Å². The van der Waals surface area contributed by atoms with Gasteiger partial charge in [0, 0.05) is 37.9 Å². The number of nitrogens with zero attached hydrogens (tertiary/aromatic N) is 8. The molecule has 0 amide bonds. The quantitative estimate of drug-likeness (QED) is 0.723. The van der Waals surface area contributed by atoms with E-state index in [9.17, 15) is 0 Å². The molecule has 0 atom stereocenters. The average Bonchev–Trinajstić information content (AvgIpc) is 3.29. The van der Waals surface area contributed by atoms with Crippen LogP contribution in [0.15, 0.2) is 37.4 Å². The molecule has 0 bridgehead atoms. The SMILES string of the molecule is c1cn(-c2nc(N3CCCCC3)nc(-n3ccnc3)n2)cn1. The summed E-state index contributed by atoms with van der Waals surface area (Å²) in [4.78, 5) is 24.1. The molecular formula is C14H16N8. The number of piperidine rings is 1. The van der Waals surface area contributed by atoms with Crippen LogP contribution in [0.3, 0.4) is 0 Å². The van der Waals surface area contributed by atoms with Gasteiger partial charge >= 0.3 is 0 Å². The Morgan fingerprint density at radius 2 is 1.23 bits per heavy atom. The first kappa shape index (κ1) is 12.9. The van der Waals surface area contributed by atoms with E-state index >= 15 is 0 Å². The van der Waals surface area contributed by atoms with Crippen molar-refractivity contribution in [1.29, 1.82) is 0 Å². The highest BCUT2D eigenvalue weighted by Crippen LogP contribution is 2.18. The van der Waals surface area contributed by atoms with E-state index in [2.05, 4.69) is 29.8 Å². The largest absolute Gasteiger partial charge is 0.341 e. The van der Waals surface area contributed by atoms with Gasteiger partial charge in [-0.2, -0.15) is 15.0 Å². The summed E-state index contributed by atoms with van der Waals surface area (Å²) < 4.78 is 3.57. The van der Waals surface area contributed by atoms with E-state index < -0.39 is 0 Å². The predicted molar refractivity (Wildman–Crippen MR) is 80.1 cm³/mol. The lowest BCUT2D eigenvalue weighted by Crippen LogP contribution is -2.31. The Morgan fingerprint density at radius 1 is 0.682 bits per heavy atom. The number of rotatable bonds is 3. The van der Waals surface area contributed by atoms with E-state index in [0.29, 0.717) is 17.8 Å². The molecule has 1 saturated heterocycles. The highest BCUT2D eigenvalue weighted by Gasteiger charge is 2.17. The highest BCUT2D eigenvalue weighted by molar-refractivity contribution is 5.36. The van der Waals surface area contributed by atoms with Crippen LogP contribution in [0.2, 0.25) is 0 Å². The predicted octanol–water partition coefficient (Wildman–Crippen LogP) is 1.23. The Balaban J connectivity index is 1.80. The smallest absolute Gasteiger partial charge is 0.241 e. The van der Waals surface area contributed by atoms with E-state index in [-0.39, 0.29) is 0 Å². The van der Waals surface area contributed by atoms with Crippen LogP contribution in [0.4, 0.5) is 5.95 Å². The summed E-state index contributed by atoms with van der Waals surface area (Å²) in [6.45, 7) is 1.97. The average molecular weight is 296 g/mol. The fourth-order valence-corrected chi connectivity index (χ4v) is 2.56. The summed E-state index contributed by atoms with van der Waals surface area (Å²) in [5, 5.41) is 0. The Bertz CT molecular complexity index is 676. The van der Waals surface area contributed by atoms with Crippen LogP contribution >= 0.6 is 0 Å². The number of hydrogen-bond donors (Lipinski definition) is 0. The summed E-state index contributed by atoms with van der Waals surface area (Å²) >= 11 is 0. The van der Waals surface area contributed by atoms with E-state index in [0.717, 1.165) is 13.1 Å². The summed E-state index contributed by atoms with van der Waals surface area (Å²) in [5.74, 6) is 1.84. The Labute approximate surface area is 127 Å². The topological polar surface area (TPSA) is 77.5 Å². The number of hydrogen-bond acceptors (Lipinski definition) is 6. The molecule has 8 nitrogen and oxygen atoms in total. The molecule has 1 aliphatic heterocycles. The second kappa shape index (κ2) is 5.55. The van der Waals surface area contributed by atoms with Gasteiger partial charge in [-0.3, -0.25) is 9.13 Å². The molecule has 3 aromatic heterocycles. The minimum Gasteiger partial charge on any atom is -0.341 e. The lowest BCUT2D eigenvalue weighted by molar-refractivity contribution is 0.565. The molecule has 0 aliphatic carbocycles. The van der Waals surface area contributed by atoms with Crippen LogP contribution in [-0.2, 0) is 0 Å². The summed E-state index contributed by atoms with van der Waals surface area (Å²) in [5.41, 5.74) is 0. The second-order valence-electron chi connectivity index (χ2n) is 5.22. The van der Waals surface area contributed by atoms with Crippen molar-refractivity contribution in [1.82, 2.24) is 34.1 Å². The van der Waals surface area contributed by atoms with Crippen LogP contribution in [0.25, 0.3) is 11.9 Å². The minimum atomic E-state index is 0.566. The van der Waals surface area contributed by atoms with Gasteiger partial charge in [-0.1, -0.05) is 0 Å². The van der Waals surface area contributed by atoms with Crippen molar-refractivity contribution in [3.05, 3.63) is 37.4 Å². The highest BCUT2D eigenvalue weighted by atomic mass is 15.3. The van der Waals surface area contributed by atoms with Crippen molar-refractivity contribution in [3.8, 4) is 11.9 Å². The lowest BCUT2D eigenvalue weighted by atomic mass is 10.1. The van der Waals surface area contributed by atoms with Crippen molar-refractivity contribution in [2.24, 2.45) is 0 Å². The molecule has 0 spiro atoms. The Morgan fingerprint density at radius 3 is 1.73 bits per heavy atom. The van der Waals surface area contributed by atoms with Gasteiger partial charge in [-0.25, -0.2) is 9.97 Å². The molecular weight excluding hydrogens is 280 g/mol. The van der Waals surface area contributed by atoms with Gasteiger partial charge in [0.15, 0.2) is 0 Å². The van der Waals surface area contributed by atoms with Crippen molar-refractivity contribution in [2.75, 3.05) is 18.0 Å². The first-order valence-electron chi connectivity index (χ1n) is 7.38. The maximum absolute atomic E-state index is 4.60. The zero-order chi connectivity index (χ0) is 14.8. The second-order valence-corrected chi connectivity index (χ2v) is 5.22. The molecule has 1 aliphatic rings. The van der Waals surface area contributed by atoms with Crippen molar-refractivity contribution < 1.29 is 0 Å². The number of imidazole rings is 2. The van der Waals surface area contributed by atoms with Gasteiger partial charge in [0.1, 0.15) is 12.7 Å². The van der Waals surface area contributed by atoms with E-state index in [1.807, 2.05) is 12.4 Å². The summed E-state index contributed by atoms with van der Waals surface area (Å²) in [6.07, 6.45) is 14.1. The number of aromatic nitrogens is 7. The van der Waals surface area contributed by atoms with Crippen LogP contribution in [-0.4, -0.2) is 47.1 Å². The molecule has 22 heavy (non-hydrogen) atoms. The maximum Gasteiger partial charge on any atom is 0.241 e. The molecule has 0 saturated carbocycles. The third-order valence-corrected chi connectivity index (χ3v) is 3.71. The van der Waals surface area contributed by atoms with Crippen molar-refractivity contribution >= 4 is 5.95 Å². The standard InChI is InChI=1S/C14H16N8/c1-2-6-20(7-3-1)12-17-13(21-8-4-15-10-21)19-14(18-12)22-9-5-16-11-22/h4-5,8-11H,1-3,6-7H2. The monoisotopic (exact) mass is 296 g/mol. The van der Waals surface area contributed by atoms with Crippen molar-refractivity contribution in [3.63, 3.8) is 0 Å². The normalized spacial score (nSPS) is 15.2. The number of anilines is 1. The van der Waals surface area contributed by atoms with Gasteiger partial charge in [0.05, 0.1) is 0 Å². The van der Waals surface area contributed by atoms with Crippen LogP contribution in [0.5, 0.6) is 0 Å². The lowest BCUT2D eigenvalue weighted by Gasteiger charge is -2.26. The zero-order valence-electron chi connectivity index (χ0n) is 12.1. The molecule has 0 N–H and O–H groups in total. The van der Waals surface area contributed by atoms with Gasteiger partial charge < -0.3 is 4.90 Å². The van der Waals surface area contributed by atoms with E-state index in [4.69, 9.17) is 0 Å². The Hall–Kier alpha value is -2.77. The summed E-state index contributed by atoms with van der Waals surface area (Å²) in [7, 11) is 0. The van der Waals surface area contributed by atoms with Gasteiger partial charge in [-0.05, 0) is 19.3 Å². The third-order valence-electron chi connectivity index (χ3n) is 3.71. The van der Waals surface area contributed by atoms with Gasteiger partial charge in [-0.15, -0.1) is 0 Å². The molecule has 0 radical (unpaired) electrons. The third kappa shape index (κ3) is 2.43. The van der Waals surface area contributed by atoms with Crippen LogP contribution in [0, 0.1) is 0 Å². The van der Waals surface area contributed by atoms with Crippen molar-refractivity contribution in [2.45, 2.75) is 19.3 Å². The molecule has 3 aromatic rings. The van der Waals surface area contributed by atoms with E-state index in [1.165, 1.54) is 19.3 Å². The molecule has 4 rings (SSSR count). The Kier molecular flexibility index (Phi) is 3.26. The van der Waals surface area contributed by atoms with Crippen LogP contribution in [0.1, 0.15) is 19.3 Å². The molecule has 0 unspecified atom stereocenters. The minimum absolute atomic E-state index is 0.566. The molecule has 112 valence electrons. The van der Waals surface area contributed by atoms with E-state index in [1.54, 1.807) is 34.2 Å². The molecule has 8 heteroatoms. The van der Waals surface area contributed by atoms with Gasteiger partial charge in [0.25, 0.3) is 0 Å². The first-order chi connectivity index (χ1) is 10.9. The fraction of sp³-hybridized carbons (Fsp3) is 0.357. The maximum atomic E-state index is 4.60. The summed E-state index contributed by atoms with van der Waals surface area (Å²) in [6, 6.07) is 0. The molecule has 1 fully saturated rings. The fourth-order valence-electron chi connectivity index (χ4n) is 2.56. The first-order valence-corrected chi connectivity index (χ1v) is 7.38. The molecule has 4 heterocycles. The van der Waals surface area contributed by atoms with Gasteiger partial charge in [0.2, 0.25) is 17.8 Å². The molecule has 0 aromatic carbocycles. The zero-order valence-corrected chi connectivity index (χ0v) is 12.1.